The van der Waals surface area contributed by atoms with Gasteiger partial charge < -0.3 is 9.29 Å². The third-order valence-electron chi connectivity index (χ3n) is 3.46. The predicted molar refractivity (Wildman–Crippen MR) is 103 cm³/mol. The van der Waals surface area contributed by atoms with E-state index >= 15 is 0 Å². The average Bonchev–Trinajstić information content (AvgIpc) is 3.28. The fraction of sp³-hybridized carbons (Fsp3) is 0.0625. The van der Waals surface area contributed by atoms with Crippen molar-refractivity contribution in [1.29, 1.82) is 0 Å². The Labute approximate surface area is 151 Å². The number of H-pyrrole nitrogens is 1. The first-order valence-corrected chi connectivity index (χ1v) is 9.80. The van der Waals surface area contributed by atoms with E-state index in [9.17, 15) is 0 Å². The van der Waals surface area contributed by atoms with Gasteiger partial charge in [-0.15, -0.1) is 22.7 Å². The summed E-state index contributed by atoms with van der Waals surface area (Å²) in [5, 5.41) is 6.70. The summed E-state index contributed by atoms with van der Waals surface area (Å²) >= 11 is 11.6. The molecule has 0 unspecified atom stereocenters. The SMILES string of the molecule is CN(Sc1cccs1)c1cccc2c(Cl)c(-c3nccs3)[nH]c12. The quantitative estimate of drug-likeness (QED) is 0.433. The summed E-state index contributed by atoms with van der Waals surface area (Å²) in [5.74, 6) is 0. The first-order chi connectivity index (χ1) is 11.2. The van der Waals surface area contributed by atoms with E-state index in [1.54, 1.807) is 40.8 Å². The van der Waals surface area contributed by atoms with Gasteiger partial charge in [0.05, 0.1) is 26.1 Å². The van der Waals surface area contributed by atoms with Gasteiger partial charge in [-0.25, -0.2) is 4.98 Å². The van der Waals surface area contributed by atoms with E-state index < -0.39 is 0 Å². The molecule has 4 aromatic rings. The highest BCUT2D eigenvalue weighted by Crippen LogP contribution is 2.40. The van der Waals surface area contributed by atoms with Gasteiger partial charge in [0, 0.05) is 24.0 Å². The zero-order chi connectivity index (χ0) is 15.8. The van der Waals surface area contributed by atoms with Gasteiger partial charge >= 0.3 is 0 Å². The van der Waals surface area contributed by atoms with Crippen LogP contribution in [-0.2, 0) is 0 Å². The van der Waals surface area contributed by atoms with Crippen LogP contribution in [0, 0.1) is 0 Å². The number of aromatic amines is 1. The van der Waals surface area contributed by atoms with E-state index in [0.717, 1.165) is 32.3 Å². The van der Waals surface area contributed by atoms with E-state index in [1.807, 2.05) is 17.5 Å². The second-order valence-electron chi connectivity index (χ2n) is 4.87. The summed E-state index contributed by atoms with van der Waals surface area (Å²) in [5.41, 5.74) is 3.03. The molecule has 0 aliphatic rings. The molecule has 1 aromatic carbocycles. The third kappa shape index (κ3) is 2.76. The lowest BCUT2D eigenvalue weighted by Crippen LogP contribution is -2.05. The summed E-state index contributed by atoms with van der Waals surface area (Å²) in [6.07, 6.45) is 1.79. The predicted octanol–water partition coefficient (Wildman–Crippen LogP) is 6.15. The Morgan fingerprint density at radius 1 is 1.17 bits per heavy atom. The standard InChI is InChI=1S/C16H12ClN3S3/c1-20(23-12-6-3-8-21-12)11-5-2-4-10-13(17)15(19-14(10)11)16-18-7-9-22-16/h2-9,19H,1H3. The number of hydrogen-bond donors (Lipinski definition) is 1. The van der Waals surface area contributed by atoms with Gasteiger partial charge in [-0.1, -0.05) is 29.8 Å². The number of anilines is 1. The molecule has 3 aromatic heterocycles. The minimum atomic E-state index is 0.728. The number of hydrogen-bond acceptors (Lipinski definition) is 5. The molecule has 0 saturated heterocycles. The van der Waals surface area contributed by atoms with E-state index in [1.165, 1.54) is 4.21 Å². The summed E-state index contributed by atoms with van der Waals surface area (Å²) in [7, 11) is 2.07. The molecule has 0 aliphatic heterocycles. The fourth-order valence-electron chi connectivity index (χ4n) is 2.43. The van der Waals surface area contributed by atoms with Crippen LogP contribution in [0.3, 0.4) is 0 Å². The number of benzene rings is 1. The number of nitrogens with one attached hydrogen (secondary N) is 1. The lowest BCUT2D eigenvalue weighted by molar-refractivity contribution is 1.33. The molecular weight excluding hydrogens is 366 g/mol. The second kappa shape index (κ2) is 6.20. The molecule has 0 spiro atoms. The maximum Gasteiger partial charge on any atom is 0.141 e. The highest BCUT2D eigenvalue weighted by atomic mass is 35.5. The Balaban J connectivity index is 1.80. The number of rotatable bonds is 4. The Bertz CT molecular complexity index is 929. The van der Waals surface area contributed by atoms with Crippen molar-refractivity contribution in [3.63, 3.8) is 0 Å². The zero-order valence-electron chi connectivity index (χ0n) is 12.1. The van der Waals surface area contributed by atoms with Gasteiger partial charge in [-0.2, -0.15) is 0 Å². The minimum Gasteiger partial charge on any atom is -0.350 e. The van der Waals surface area contributed by atoms with Gasteiger partial charge in [0.15, 0.2) is 0 Å². The second-order valence-corrected chi connectivity index (χ2v) is 8.52. The highest BCUT2D eigenvalue weighted by Gasteiger charge is 2.17. The van der Waals surface area contributed by atoms with Crippen LogP contribution in [0.5, 0.6) is 0 Å². The first-order valence-electron chi connectivity index (χ1n) is 6.89. The number of halogens is 1. The molecule has 0 aliphatic carbocycles. The molecule has 4 rings (SSSR count). The number of para-hydroxylation sites is 1. The van der Waals surface area contributed by atoms with E-state index in [0.29, 0.717) is 0 Å². The first kappa shape index (κ1) is 15.1. The van der Waals surface area contributed by atoms with Crippen LogP contribution in [0.4, 0.5) is 5.69 Å². The monoisotopic (exact) mass is 377 g/mol. The van der Waals surface area contributed by atoms with Crippen molar-refractivity contribution >= 4 is 62.8 Å². The van der Waals surface area contributed by atoms with Crippen LogP contribution in [0.15, 0.2) is 51.5 Å². The maximum absolute atomic E-state index is 6.58. The molecule has 23 heavy (non-hydrogen) atoms. The molecule has 1 N–H and O–H groups in total. The molecule has 7 heteroatoms. The molecule has 0 bridgehead atoms. The van der Waals surface area contributed by atoms with Crippen molar-refractivity contribution in [1.82, 2.24) is 9.97 Å². The Hall–Kier alpha value is -1.47. The molecule has 0 atom stereocenters. The lowest BCUT2D eigenvalue weighted by Gasteiger charge is -2.17. The van der Waals surface area contributed by atoms with Crippen LogP contribution >= 0.6 is 46.2 Å². The van der Waals surface area contributed by atoms with Crippen LogP contribution in [0.2, 0.25) is 5.02 Å². The number of thiophene rings is 1. The van der Waals surface area contributed by atoms with Crippen molar-refractivity contribution in [3.8, 4) is 10.7 Å². The van der Waals surface area contributed by atoms with Gasteiger partial charge in [0.2, 0.25) is 0 Å². The zero-order valence-corrected chi connectivity index (χ0v) is 15.3. The van der Waals surface area contributed by atoms with Crippen LogP contribution in [0.25, 0.3) is 21.6 Å². The molecule has 0 radical (unpaired) electrons. The fourth-order valence-corrected chi connectivity index (χ4v) is 5.20. The van der Waals surface area contributed by atoms with Crippen molar-refractivity contribution in [2.45, 2.75) is 4.21 Å². The lowest BCUT2D eigenvalue weighted by atomic mass is 10.2. The van der Waals surface area contributed by atoms with Crippen LogP contribution in [-0.4, -0.2) is 17.0 Å². The van der Waals surface area contributed by atoms with Crippen molar-refractivity contribution < 1.29 is 0 Å². The number of thiazole rings is 1. The van der Waals surface area contributed by atoms with Crippen LogP contribution in [0.1, 0.15) is 0 Å². The molecule has 0 saturated carbocycles. The largest absolute Gasteiger partial charge is 0.350 e. The number of aromatic nitrogens is 2. The highest BCUT2D eigenvalue weighted by molar-refractivity contribution is 8.02. The Morgan fingerprint density at radius 2 is 2.09 bits per heavy atom. The third-order valence-corrected chi connectivity index (χ3v) is 6.60. The van der Waals surface area contributed by atoms with Gasteiger partial charge in [-0.05, 0) is 29.5 Å². The van der Waals surface area contributed by atoms with Gasteiger partial charge in [0.1, 0.15) is 5.01 Å². The molecule has 0 fully saturated rings. The van der Waals surface area contributed by atoms with E-state index in [4.69, 9.17) is 11.6 Å². The Morgan fingerprint density at radius 3 is 2.83 bits per heavy atom. The van der Waals surface area contributed by atoms with Crippen LogP contribution < -0.4 is 4.31 Å². The van der Waals surface area contributed by atoms with E-state index in [2.05, 4.69) is 44.9 Å². The minimum absolute atomic E-state index is 0.728. The smallest absolute Gasteiger partial charge is 0.141 e. The van der Waals surface area contributed by atoms with Crippen molar-refractivity contribution in [2.75, 3.05) is 11.4 Å². The van der Waals surface area contributed by atoms with Gasteiger partial charge in [0.25, 0.3) is 0 Å². The molecule has 0 amide bonds. The summed E-state index contributed by atoms with van der Waals surface area (Å²) in [6, 6.07) is 10.4. The Kier molecular flexibility index (Phi) is 4.07. The maximum atomic E-state index is 6.58. The topological polar surface area (TPSA) is 31.9 Å². The number of nitrogens with zero attached hydrogens (tertiary/aromatic N) is 2. The summed E-state index contributed by atoms with van der Waals surface area (Å²) < 4.78 is 3.41. The average molecular weight is 378 g/mol. The summed E-state index contributed by atoms with van der Waals surface area (Å²) in [4.78, 5) is 7.82. The van der Waals surface area contributed by atoms with Crippen molar-refractivity contribution in [2.24, 2.45) is 0 Å². The number of fused-ring (bicyclic) bond motifs is 1. The van der Waals surface area contributed by atoms with Gasteiger partial charge in [-0.3, -0.25) is 0 Å². The normalized spacial score (nSPS) is 11.2. The molecular formula is C16H12ClN3S3. The molecule has 3 nitrogen and oxygen atoms in total. The summed E-state index contributed by atoms with van der Waals surface area (Å²) in [6.45, 7) is 0. The van der Waals surface area contributed by atoms with E-state index in [-0.39, 0.29) is 0 Å². The van der Waals surface area contributed by atoms with Crippen molar-refractivity contribution in [3.05, 3.63) is 52.3 Å². The molecule has 3 heterocycles. The molecule has 116 valence electrons.